The van der Waals surface area contributed by atoms with E-state index in [1.165, 1.54) is 38.5 Å². The van der Waals surface area contributed by atoms with Gasteiger partial charge in [-0.05, 0) is 55.7 Å². The Kier molecular flexibility index (Phi) is 2.80. The lowest BCUT2D eigenvalue weighted by Gasteiger charge is -2.10. The molecule has 0 fully saturated rings. The molecule has 0 amide bonds. The zero-order valence-corrected chi connectivity index (χ0v) is 13.1. The molecule has 4 rings (SSSR count). The van der Waals surface area contributed by atoms with Gasteiger partial charge in [0.15, 0.2) is 0 Å². The Balaban J connectivity index is 2.15. The van der Waals surface area contributed by atoms with Gasteiger partial charge in [-0.2, -0.15) is 0 Å². The summed E-state index contributed by atoms with van der Waals surface area (Å²) in [5.41, 5.74) is 7.31. The van der Waals surface area contributed by atoms with E-state index in [-0.39, 0.29) is 0 Å². The largest absolute Gasteiger partial charge is 0.323 e. The first-order valence-corrected chi connectivity index (χ1v) is 7.58. The predicted molar refractivity (Wildman–Crippen MR) is 92.3 cm³/mol. The van der Waals surface area contributed by atoms with Crippen LogP contribution in [0.25, 0.3) is 27.5 Å². The van der Waals surface area contributed by atoms with Gasteiger partial charge in [-0.1, -0.05) is 18.2 Å². The minimum Gasteiger partial charge on any atom is -0.323 e. The quantitative estimate of drug-likeness (QED) is 0.477. The fourth-order valence-corrected chi connectivity index (χ4v) is 3.13. The first-order chi connectivity index (χ1) is 10.6. The number of rotatable bonds is 1. The van der Waals surface area contributed by atoms with E-state index >= 15 is 0 Å². The lowest BCUT2D eigenvalue weighted by molar-refractivity contribution is 1.21. The number of hydrogen-bond donors (Lipinski definition) is 0. The van der Waals surface area contributed by atoms with Crippen LogP contribution in [0.4, 0.5) is 0 Å². The maximum absolute atomic E-state index is 4.70. The molecular formula is C20H18N2. The van der Waals surface area contributed by atoms with Crippen molar-refractivity contribution in [3.05, 3.63) is 71.7 Å². The second-order valence-electron chi connectivity index (χ2n) is 6.00. The van der Waals surface area contributed by atoms with Crippen molar-refractivity contribution in [3.63, 3.8) is 0 Å². The van der Waals surface area contributed by atoms with Gasteiger partial charge in [0.05, 0.1) is 11.2 Å². The number of hydrogen-bond acceptors (Lipinski definition) is 1. The van der Waals surface area contributed by atoms with Gasteiger partial charge < -0.3 is 4.40 Å². The molecule has 2 nitrogen and oxygen atoms in total. The summed E-state index contributed by atoms with van der Waals surface area (Å²) in [6, 6.07) is 12.9. The Morgan fingerprint density at radius 2 is 1.77 bits per heavy atom. The van der Waals surface area contributed by atoms with Gasteiger partial charge in [0.1, 0.15) is 0 Å². The zero-order chi connectivity index (χ0) is 15.3. The SMILES string of the molecule is Cc1cnc(-c2c(C)ccc3cn4ccccc4c23)cc1C. The molecule has 0 aliphatic rings. The van der Waals surface area contributed by atoms with Crippen LogP contribution in [0.15, 0.2) is 55.0 Å². The molecule has 0 aliphatic heterocycles. The molecule has 0 atom stereocenters. The molecule has 3 aromatic heterocycles. The van der Waals surface area contributed by atoms with Crippen molar-refractivity contribution in [2.45, 2.75) is 20.8 Å². The van der Waals surface area contributed by atoms with Crippen LogP contribution in [0.5, 0.6) is 0 Å². The van der Waals surface area contributed by atoms with E-state index < -0.39 is 0 Å². The number of nitrogens with zero attached hydrogens (tertiary/aromatic N) is 2. The maximum Gasteiger partial charge on any atom is 0.0714 e. The molecule has 0 N–H and O–H groups in total. The van der Waals surface area contributed by atoms with Crippen LogP contribution in [0.1, 0.15) is 16.7 Å². The summed E-state index contributed by atoms with van der Waals surface area (Å²) < 4.78 is 2.19. The average molecular weight is 286 g/mol. The monoisotopic (exact) mass is 286 g/mol. The second-order valence-corrected chi connectivity index (χ2v) is 6.00. The fraction of sp³-hybridized carbons (Fsp3) is 0.150. The minimum absolute atomic E-state index is 1.06. The van der Waals surface area contributed by atoms with Crippen molar-refractivity contribution in [1.82, 2.24) is 9.38 Å². The minimum atomic E-state index is 1.06. The molecule has 0 saturated heterocycles. The number of aromatic nitrogens is 2. The lowest BCUT2D eigenvalue weighted by Crippen LogP contribution is -1.91. The van der Waals surface area contributed by atoms with Crippen LogP contribution in [-0.4, -0.2) is 9.38 Å². The Hall–Kier alpha value is -2.61. The molecule has 0 spiro atoms. The molecule has 0 aliphatic carbocycles. The van der Waals surface area contributed by atoms with E-state index in [9.17, 15) is 0 Å². The van der Waals surface area contributed by atoms with E-state index in [1.54, 1.807) is 0 Å². The molecule has 0 saturated carbocycles. The Labute approximate surface area is 130 Å². The van der Waals surface area contributed by atoms with Crippen molar-refractivity contribution < 1.29 is 0 Å². The molecule has 3 heterocycles. The first kappa shape index (κ1) is 13.1. The van der Waals surface area contributed by atoms with Crippen LogP contribution in [-0.2, 0) is 0 Å². The van der Waals surface area contributed by atoms with E-state index in [2.05, 4.69) is 74.0 Å². The average Bonchev–Trinajstić information content (AvgIpc) is 2.89. The number of pyridine rings is 2. The highest BCUT2D eigenvalue weighted by atomic mass is 14.9. The van der Waals surface area contributed by atoms with Gasteiger partial charge in [-0.15, -0.1) is 0 Å². The molecular weight excluding hydrogens is 268 g/mol. The summed E-state index contributed by atoms with van der Waals surface area (Å²) in [6.45, 7) is 6.42. The van der Waals surface area contributed by atoms with Crippen LogP contribution >= 0.6 is 0 Å². The highest BCUT2D eigenvalue weighted by Gasteiger charge is 2.13. The molecule has 2 heteroatoms. The summed E-state index contributed by atoms with van der Waals surface area (Å²) in [5, 5.41) is 2.54. The van der Waals surface area contributed by atoms with E-state index in [4.69, 9.17) is 4.98 Å². The zero-order valence-electron chi connectivity index (χ0n) is 13.1. The van der Waals surface area contributed by atoms with Crippen LogP contribution < -0.4 is 0 Å². The van der Waals surface area contributed by atoms with Gasteiger partial charge in [0, 0.05) is 34.9 Å². The fourth-order valence-electron chi connectivity index (χ4n) is 3.13. The number of benzene rings is 1. The van der Waals surface area contributed by atoms with Gasteiger partial charge in [0.2, 0.25) is 0 Å². The van der Waals surface area contributed by atoms with E-state index in [0.29, 0.717) is 0 Å². The third kappa shape index (κ3) is 1.84. The highest BCUT2D eigenvalue weighted by molar-refractivity contribution is 6.08. The standard InChI is InChI=1S/C20H18N2/c1-13-7-8-16-12-22-9-5-4-6-18(22)20(16)19(13)17-10-14(2)15(3)11-21-17/h4-12H,1-3H3. The van der Waals surface area contributed by atoms with E-state index in [0.717, 1.165) is 5.69 Å². The maximum atomic E-state index is 4.70. The summed E-state index contributed by atoms with van der Waals surface area (Å²) in [5.74, 6) is 0. The summed E-state index contributed by atoms with van der Waals surface area (Å²) in [4.78, 5) is 4.70. The van der Waals surface area contributed by atoms with E-state index in [1.807, 2.05) is 6.20 Å². The third-order valence-electron chi connectivity index (χ3n) is 4.50. The summed E-state index contributed by atoms with van der Waals surface area (Å²) in [7, 11) is 0. The van der Waals surface area contributed by atoms with Crippen LogP contribution in [0, 0.1) is 20.8 Å². The second kappa shape index (κ2) is 4.70. The normalized spacial score (nSPS) is 11.4. The lowest BCUT2D eigenvalue weighted by atomic mass is 9.97. The van der Waals surface area contributed by atoms with Crippen LogP contribution in [0.2, 0.25) is 0 Å². The van der Waals surface area contributed by atoms with Crippen molar-refractivity contribution in [1.29, 1.82) is 0 Å². The van der Waals surface area contributed by atoms with Gasteiger partial charge in [-0.25, -0.2) is 0 Å². The Bertz CT molecular complexity index is 1010. The molecule has 4 aromatic rings. The Morgan fingerprint density at radius 3 is 2.59 bits per heavy atom. The molecule has 1 aromatic carbocycles. The molecule has 0 bridgehead atoms. The van der Waals surface area contributed by atoms with Crippen molar-refractivity contribution in [3.8, 4) is 11.3 Å². The summed E-state index contributed by atoms with van der Waals surface area (Å²) in [6.07, 6.45) is 6.26. The van der Waals surface area contributed by atoms with Crippen molar-refractivity contribution >= 4 is 16.3 Å². The smallest absolute Gasteiger partial charge is 0.0714 e. The van der Waals surface area contributed by atoms with Crippen molar-refractivity contribution in [2.75, 3.05) is 0 Å². The van der Waals surface area contributed by atoms with Crippen LogP contribution in [0.3, 0.4) is 0 Å². The molecule has 22 heavy (non-hydrogen) atoms. The summed E-state index contributed by atoms with van der Waals surface area (Å²) >= 11 is 0. The molecule has 0 unspecified atom stereocenters. The number of aryl methyl sites for hydroxylation is 3. The van der Waals surface area contributed by atoms with Gasteiger partial charge in [0.25, 0.3) is 0 Å². The topological polar surface area (TPSA) is 17.3 Å². The Morgan fingerprint density at radius 1 is 0.909 bits per heavy atom. The predicted octanol–water partition coefficient (Wildman–Crippen LogP) is 5.08. The highest BCUT2D eigenvalue weighted by Crippen LogP contribution is 2.35. The molecule has 108 valence electrons. The first-order valence-electron chi connectivity index (χ1n) is 7.58. The molecule has 0 radical (unpaired) electrons. The van der Waals surface area contributed by atoms with Crippen molar-refractivity contribution in [2.24, 2.45) is 0 Å². The number of fused-ring (bicyclic) bond motifs is 3. The third-order valence-corrected chi connectivity index (χ3v) is 4.50. The van der Waals surface area contributed by atoms with Gasteiger partial charge in [-0.3, -0.25) is 4.98 Å². The van der Waals surface area contributed by atoms with Gasteiger partial charge >= 0.3 is 0 Å².